The summed E-state index contributed by atoms with van der Waals surface area (Å²) in [5.74, 6) is -0.669. The van der Waals surface area contributed by atoms with Gasteiger partial charge in [-0.25, -0.2) is 0 Å². The number of ketones is 1. The van der Waals surface area contributed by atoms with Crippen LogP contribution in [-0.2, 0) is 0 Å². The Hall–Kier alpha value is -4.21. The lowest BCUT2D eigenvalue weighted by atomic mass is 9.75. The molecule has 192 valence electrons. The fourth-order valence-corrected chi connectivity index (χ4v) is 5.92. The highest BCUT2D eigenvalue weighted by atomic mass is 79.9. The van der Waals surface area contributed by atoms with Gasteiger partial charge >= 0.3 is 6.04 Å². The summed E-state index contributed by atoms with van der Waals surface area (Å²) in [6.07, 6.45) is 0. The molecule has 0 saturated carbocycles. The van der Waals surface area contributed by atoms with Crippen LogP contribution in [0, 0.1) is 20.2 Å². The molecule has 1 aliphatic rings. The Kier molecular flexibility index (Phi) is 6.44. The second-order valence-corrected chi connectivity index (χ2v) is 9.25. The van der Waals surface area contributed by atoms with E-state index in [4.69, 9.17) is 0 Å². The summed E-state index contributed by atoms with van der Waals surface area (Å²) in [6.45, 7) is 0. The Morgan fingerprint density at radius 2 is 1.26 bits per heavy atom. The van der Waals surface area contributed by atoms with Crippen molar-refractivity contribution < 1.29 is 14.6 Å². The van der Waals surface area contributed by atoms with E-state index in [1.54, 1.807) is 36.4 Å². The molecule has 1 aliphatic carbocycles. The molecule has 7 nitrogen and oxygen atoms in total. The molecule has 0 radical (unpaired) electrons. The van der Waals surface area contributed by atoms with E-state index in [0.717, 1.165) is 32.3 Å². The van der Waals surface area contributed by atoms with E-state index in [0.29, 0.717) is 16.5 Å². The van der Waals surface area contributed by atoms with E-state index >= 15 is 0 Å². The van der Waals surface area contributed by atoms with Crippen LogP contribution in [0.5, 0.6) is 0 Å². The van der Waals surface area contributed by atoms with Crippen LogP contribution < -0.4 is 0 Å². The van der Waals surface area contributed by atoms with Crippen LogP contribution in [-0.4, -0.2) is 15.6 Å². The van der Waals surface area contributed by atoms with Gasteiger partial charge in [-0.3, -0.25) is 25.0 Å². The van der Waals surface area contributed by atoms with Crippen molar-refractivity contribution in [3.8, 4) is 11.1 Å². The molecule has 0 aliphatic heterocycles. The van der Waals surface area contributed by atoms with Gasteiger partial charge in [-0.1, -0.05) is 72.8 Å². The number of carbonyl (C=O) groups excluding carboxylic acids is 1. The summed E-state index contributed by atoms with van der Waals surface area (Å²) in [5.41, 5.74) is 1.13. The third-order valence-electron chi connectivity index (χ3n) is 7.40. The maximum Gasteiger partial charge on any atom is 0.301 e. The Morgan fingerprint density at radius 1 is 0.615 bits per heavy atom. The van der Waals surface area contributed by atoms with Crippen molar-refractivity contribution in [3.05, 3.63) is 122 Å². The number of hydrogen-bond donors (Lipinski definition) is 0. The lowest BCUT2D eigenvalue weighted by Crippen LogP contribution is -2.26. The van der Waals surface area contributed by atoms with Crippen LogP contribution in [0.2, 0.25) is 0 Å². The fourth-order valence-electron chi connectivity index (χ4n) is 5.92. The van der Waals surface area contributed by atoms with Gasteiger partial charge in [0.15, 0.2) is 0 Å². The van der Waals surface area contributed by atoms with Crippen molar-refractivity contribution in [2.24, 2.45) is 0 Å². The zero-order valence-corrected chi connectivity index (χ0v) is 23.4. The van der Waals surface area contributed by atoms with Crippen molar-refractivity contribution in [2.75, 3.05) is 0 Å². The number of nitro groups is 2. The topological polar surface area (TPSA) is 103 Å². The highest BCUT2D eigenvalue weighted by Gasteiger charge is 2.44. The Balaban J connectivity index is 0.00000154. The number of Topliss-reactive ketones (excluding diaryl/α,β-unsaturated/α-hetero) is 1. The Bertz CT molecular complexity index is 2040. The molecule has 39 heavy (non-hydrogen) atoms. The van der Waals surface area contributed by atoms with Gasteiger partial charge in [-0.2, -0.15) is 0 Å². The normalized spacial score (nSPS) is 13.9. The molecule has 0 saturated heterocycles. The molecule has 0 aromatic heterocycles. The monoisotopic (exact) mass is 644 g/mol. The van der Waals surface area contributed by atoms with Gasteiger partial charge < -0.3 is 0 Å². The fraction of sp³-hybridized carbons (Fsp3) is 0.0333. The molecule has 1 atom stereocenters. The minimum atomic E-state index is -1.76. The van der Waals surface area contributed by atoms with Crippen LogP contribution in [0.15, 0.2) is 91.0 Å². The summed E-state index contributed by atoms with van der Waals surface area (Å²) in [7, 11) is 0. The first-order valence-electron chi connectivity index (χ1n) is 11.7. The molecule has 1 unspecified atom stereocenters. The van der Waals surface area contributed by atoms with Crippen molar-refractivity contribution in [2.45, 2.75) is 6.04 Å². The Morgan fingerprint density at radius 3 is 1.95 bits per heavy atom. The molecule has 9 heteroatoms. The second kappa shape index (κ2) is 9.52. The van der Waals surface area contributed by atoms with Crippen molar-refractivity contribution in [1.82, 2.24) is 0 Å². The van der Waals surface area contributed by atoms with Crippen LogP contribution in [0.3, 0.4) is 0 Å². The molecular formula is C30H18Br2N2O5. The summed E-state index contributed by atoms with van der Waals surface area (Å²) < 4.78 is 0. The first-order chi connectivity index (χ1) is 18.0. The van der Waals surface area contributed by atoms with Gasteiger partial charge in [-0.15, -0.1) is 34.0 Å². The predicted molar refractivity (Wildman–Crippen MR) is 163 cm³/mol. The lowest BCUT2D eigenvalue weighted by Gasteiger charge is -2.26. The van der Waals surface area contributed by atoms with Gasteiger partial charge in [0.1, 0.15) is 0 Å². The molecule has 0 spiro atoms. The van der Waals surface area contributed by atoms with Crippen molar-refractivity contribution in [1.29, 1.82) is 0 Å². The van der Waals surface area contributed by atoms with Gasteiger partial charge in [-0.05, 0) is 55.4 Å². The molecule has 6 aromatic carbocycles. The number of benzene rings is 6. The molecule has 0 fully saturated rings. The summed E-state index contributed by atoms with van der Waals surface area (Å²) in [4.78, 5) is 36.9. The third-order valence-corrected chi connectivity index (χ3v) is 7.40. The summed E-state index contributed by atoms with van der Waals surface area (Å²) in [5, 5.41) is 30.6. The number of carbonyl (C=O) groups is 1. The first kappa shape index (κ1) is 26.4. The minimum absolute atomic E-state index is 0. The number of nitrogens with zero attached hydrogens (tertiary/aromatic N) is 2. The van der Waals surface area contributed by atoms with E-state index in [-0.39, 0.29) is 56.2 Å². The van der Waals surface area contributed by atoms with Crippen molar-refractivity contribution in [3.63, 3.8) is 0 Å². The van der Waals surface area contributed by atoms with Crippen LogP contribution in [0.1, 0.15) is 22.0 Å². The van der Waals surface area contributed by atoms with Crippen molar-refractivity contribution >= 4 is 88.5 Å². The third kappa shape index (κ3) is 3.65. The molecule has 7 rings (SSSR count). The van der Waals surface area contributed by atoms with Crippen LogP contribution >= 0.6 is 34.0 Å². The molecule has 6 aromatic rings. The van der Waals surface area contributed by atoms with E-state index < -0.39 is 21.7 Å². The number of non-ortho nitro benzene ring substituents is 1. The SMILES string of the molecule is Br.Br.O=C1c2ccccc2-c2c(c3c([N+](=O)[O-])cccc3c3ccc4cc5ccccc5cc4c23)C1[N+](=O)[O-]. The second-order valence-electron chi connectivity index (χ2n) is 9.25. The van der Waals surface area contributed by atoms with Gasteiger partial charge in [0.25, 0.3) is 5.69 Å². The van der Waals surface area contributed by atoms with Crippen LogP contribution in [0.4, 0.5) is 5.69 Å². The molecule has 0 N–H and O–H groups in total. The number of nitro benzene ring substituents is 1. The number of hydrogen-bond acceptors (Lipinski definition) is 5. The quantitative estimate of drug-likeness (QED) is 0.0812. The number of rotatable bonds is 2. The van der Waals surface area contributed by atoms with E-state index in [1.165, 1.54) is 6.07 Å². The Labute approximate surface area is 241 Å². The largest absolute Gasteiger partial charge is 0.301 e. The van der Waals surface area contributed by atoms with E-state index in [2.05, 4.69) is 12.1 Å². The van der Waals surface area contributed by atoms with Crippen LogP contribution in [0.25, 0.3) is 54.2 Å². The standard InChI is InChI=1S/C30H16N2O5.2BrH/c33-30-22-9-4-3-8-20(22)27-25-21(13-12-18-14-16-6-1-2-7-17(16)15-23(18)25)19-10-5-11-24(31(34)35)26(19)28(27)29(30)32(36)37;;/h1-15,29H;2*1H. The molecule has 0 amide bonds. The summed E-state index contributed by atoms with van der Waals surface area (Å²) >= 11 is 0. The molecular weight excluding hydrogens is 628 g/mol. The predicted octanol–water partition coefficient (Wildman–Crippen LogP) is 8.54. The average molecular weight is 646 g/mol. The first-order valence-corrected chi connectivity index (χ1v) is 11.7. The average Bonchev–Trinajstić information content (AvgIpc) is 2.91. The van der Waals surface area contributed by atoms with Gasteiger partial charge in [0.2, 0.25) is 5.78 Å². The maximum atomic E-state index is 13.5. The maximum absolute atomic E-state index is 13.5. The van der Waals surface area contributed by atoms with Gasteiger partial charge in [0, 0.05) is 22.1 Å². The number of fused-ring (bicyclic) bond motifs is 11. The highest BCUT2D eigenvalue weighted by Crippen LogP contribution is 2.51. The smallest absolute Gasteiger partial charge is 0.286 e. The zero-order chi connectivity index (χ0) is 25.4. The lowest BCUT2D eigenvalue weighted by molar-refractivity contribution is -0.510. The van der Waals surface area contributed by atoms with E-state index in [1.807, 2.05) is 36.4 Å². The van der Waals surface area contributed by atoms with E-state index in [9.17, 15) is 25.0 Å². The van der Waals surface area contributed by atoms with Gasteiger partial charge in [0.05, 0.1) is 15.9 Å². The zero-order valence-electron chi connectivity index (χ0n) is 20.0. The molecule has 0 bridgehead atoms. The molecule has 0 heterocycles. The summed E-state index contributed by atoms with van der Waals surface area (Å²) in [6, 6.07) is 25.7. The highest BCUT2D eigenvalue weighted by molar-refractivity contribution is 8.93. The number of halogens is 2. The minimum Gasteiger partial charge on any atom is -0.286 e.